The highest BCUT2D eigenvalue weighted by molar-refractivity contribution is 9.10. The van der Waals surface area contributed by atoms with Crippen molar-refractivity contribution in [1.82, 2.24) is 0 Å². The van der Waals surface area contributed by atoms with Crippen molar-refractivity contribution in [2.45, 2.75) is 26.2 Å². The number of carboxylic acids is 1. The molecule has 14 heavy (non-hydrogen) atoms. The fraction of sp³-hybridized carbons (Fsp3) is 0.364. The molecular weight excluding hydrogens is 244 g/mol. The second-order valence-corrected chi connectivity index (χ2v) is 5.02. The SMILES string of the molecule is CC(C)(C)c1cccc(C(=O)O)c1Br. The van der Waals surface area contributed by atoms with Gasteiger partial charge in [0.1, 0.15) is 0 Å². The zero-order valence-corrected chi connectivity index (χ0v) is 10.1. The van der Waals surface area contributed by atoms with Crippen LogP contribution < -0.4 is 0 Å². The van der Waals surface area contributed by atoms with Crippen LogP contribution in [0.15, 0.2) is 22.7 Å². The number of carbonyl (C=O) groups is 1. The van der Waals surface area contributed by atoms with Crippen molar-refractivity contribution in [3.8, 4) is 0 Å². The highest BCUT2D eigenvalue weighted by Gasteiger charge is 2.20. The topological polar surface area (TPSA) is 37.3 Å². The van der Waals surface area contributed by atoms with E-state index in [-0.39, 0.29) is 5.41 Å². The molecule has 0 amide bonds. The Bertz CT molecular complexity index is 364. The summed E-state index contributed by atoms with van der Waals surface area (Å²) < 4.78 is 0.681. The number of carboxylic acid groups (broad SMARTS) is 1. The van der Waals surface area contributed by atoms with Crippen molar-refractivity contribution in [3.05, 3.63) is 33.8 Å². The summed E-state index contributed by atoms with van der Waals surface area (Å²) >= 11 is 3.34. The molecule has 0 bridgehead atoms. The maximum atomic E-state index is 10.9. The van der Waals surface area contributed by atoms with E-state index in [1.54, 1.807) is 12.1 Å². The van der Waals surface area contributed by atoms with Crippen LogP contribution >= 0.6 is 15.9 Å². The highest BCUT2D eigenvalue weighted by atomic mass is 79.9. The monoisotopic (exact) mass is 256 g/mol. The predicted octanol–water partition coefficient (Wildman–Crippen LogP) is 3.44. The van der Waals surface area contributed by atoms with E-state index in [0.717, 1.165) is 5.56 Å². The molecule has 0 radical (unpaired) electrons. The largest absolute Gasteiger partial charge is 0.478 e. The quantitative estimate of drug-likeness (QED) is 0.836. The third-order valence-electron chi connectivity index (χ3n) is 2.04. The van der Waals surface area contributed by atoms with E-state index in [1.165, 1.54) is 0 Å². The molecule has 1 N–H and O–H groups in total. The van der Waals surface area contributed by atoms with Gasteiger partial charge in [0, 0.05) is 4.47 Å². The van der Waals surface area contributed by atoms with Gasteiger partial charge in [-0.3, -0.25) is 0 Å². The van der Waals surface area contributed by atoms with Gasteiger partial charge in [-0.25, -0.2) is 4.79 Å². The van der Waals surface area contributed by atoms with Gasteiger partial charge < -0.3 is 5.11 Å². The van der Waals surface area contributed by atoms with E-state index in [9.17, 15) is 4.79 Å². The molecule has 1 aromatic carbocycles. The standard InChI is InChI=1S/C11H13BrO2/c1-11(2,3)8-6-4-5-7(9(8)12)10(13)14/h4-6H,1-3H3,(H,13,14). The summed E-state index contributed by atoms with van der Waals surface area (Å²) in [5.74, 6) is -0.900. The van der Waals surface area contributed by atoms with Crippen LogP contribution in [-0.4, -0.2) is 11.1 Å². The Morgan fingerprint density at radius 2 is 1.93 bits per heavy atom. The minimum atomic E-state index is -0.900. The van der Waals surface area contributed by atoms with Gasteiger partial charge in [0.05, 0.1) is 5.56 Å². The van der Waals surface area contributed by atoms with Crippen molar-refractivity contribution >= 4 is 21.9 Å². The molecule has 0 fully saturated rings. The summed E-state index contributed by atoms with van der Waals surface area (Å²) in [5, 5.41) is 8.93. The summed E-state index contributed by atoms with van der Waals surface area (Å²) in [7, 11) is 0. The summed E-state index contributed by atoms with van der Waals surface area (Å²) in [4.78, 5) is 10.9. The Morgan fingerprint density at radius 1 is 1.36 bits per heavy atom. The van der Waals surface area contributed by atoms with Crippen molar-refractivity contribution in [2.24, 2.45) is 0 Å². The van der Waals surface area contributed by atoms with Gasteiger partial charge in [-0.2, -0.15) is 0 Å². The van der Waals surface area contributed by atoms with Gasteiger partial charge in [0.15, 0.2) is 0 Å². The van der Waals surface area contributed by atoms with Gasteiger partial charge in [0.25, 0.3) is 0 Å². The molecule has 1 aromatic rings. The molecular formula is C11H13BrO2. The van der Waals surface area contributed by atoms with E-state index >= 15 is 0 Å². The number of rotatable bonds is 1. The number of aromatic carboxylic acids is 1. The Kier molecular flexibility index (Phi) is 3.00. The number of hydrogen-bond acceptors (Lipinski definition) is 1. The third kappa shape index (κ3) is 2.15. The van der Waals surface area contributed by atoms with E-state index in [4.69, 9.17) is 5.11 Å². The van der Waals surface area contributed by atoms with Gasteiger partial charge in [-0.15, -0.1) is 0 Å². The highest BCUT2D eigenvalue weighted by Crippen LogP contribution is 2.31. The van der Waals surface area contributed by atoms with E-state index < -0.39 is 5.97 Å². The van der Waals surface area contributed by atoms with Crippen molar-refractivity contribution in [2.75, 3.05) is 0 Å². The Balaban J connectivity index is 3.35. The fourth-order valence-electron chi connectivity index (χ4n) is 1.28. The molecule has 0 saturated carbocycles. The molecule has 0 saturated heterocycles. The van der Waals surface area contributed by atoms with Crippen LogP contribution in [0, 0.1) is 0 Å². The Hall–Kier alpha value is -0.830. The Morgan fingerprint density at radius 3 is 2.36 bits per heavy atom. The van der Waals surface area contributed by atoms with Gasteiger partial charge in [-0.05, 0) is 33.0 Å². The molecule has 0 aliphatic rings. The lowest BCUT2D eigenvalue weighted by Gasteiger charge is -2.21. The Labute approximate surface area is 92.1 Å². The summed E-state index contributed by atoms with van der Waals surface area (Å²) in [5.41, 5.74) is 1.28. The number of halogens is 1. The lowest BCUT2D eigenvalue weighted by molar-refractivity contribution is 0.0695. The minimum Gasteiger partial charge on any atom is -0.478 e. The number of benzene rings is 1. The molecule has 0 aromatic heterocycles. The molecule has 1 rings (SSSR count). The lowest BCUT2D eigenvalue weighted by Crippen LogP contribution is -2.13. The van der Waals surface area contributed by atoms with Crippen LogP contribution in [0.3, 0.4) is 0 Å². The summed E-state index contributed by atoms with van der Waals surface area (Å²) in [6, 6.07) is 5.31. The molecule has 76 valence electrons. The van der Waals surface area contributed by atoms with Crippen LogP contribution in [0.5, 0.6) is 0 Å². The van der Waals surface area contributed by atoms with Gasteiger partial charge >= 0.3 is 5.97 Å². The van der Waals surface area contributed by atoms with E-state index in [0.29, 0.717) is 10.0 Å². The summed E-state index contributed by atoms with van der Waals surface area (Å²) in [6.45, 7) is 6.16. The van der Waals surface area contributed by atoms with Crippen molar-refractivity contribution in [3.63, 3.8) is 0 Å². The third-order valence-corrected chi connectivity index (χ3v) is 2.89. The first-order chi connectivity index (χ1) is 6.34. The van der Waals surface area contributed by atoms with Crippen LogP contribution in [0.4, 0.5) is 0 Å². The second-order valence-electron chi connectivity index (χ2n) is 4.22. The fourth-order valence-corrected chi connectivity index (χ4v) is 2.31. The zero-order chi connectivity index (χ0) is 10.9. The van der Waals surface area contributed by atoms with E-state index in [2.05, 4.69) is 36.7 Å². The molecule has 0 aliphatic carbocycles. The first-order valence-corrected chi connectivity index (χ1v) is 5.15. The number of hydrogen-bond donors (Lipinski definition) is 1. The first-order valence-electron chi connectivity index (χ1n) is 4.36. The normalized spacial score (nSPS) is 11.4. The van der Waals surface area contributed by atoms with Crippen LogP contribution in [0.1, 0.15) is 36.7 Å². The minimum absolute atomic E-state index is 0.0513. The van der Waals surface area contributed by atoms with Gasteiger partial charge in [-0.1, -0.05) is 32.9 Å². The van der Waals surface area contributed by atoms with Crippen LogP contribution in [0.2, 0.25) is 0 Å². The van der Waals surface area contributed by atoms with Gasteiger partial charge in [0.2, 0.25) is 0 Å². The van der Waals surface area contributed by atoms with Crippen molar-refractivity contribution < 1.29 is 9.90 Å². The molecule has 0 aliphatic heterocycles. The average molecular weight is 257 g/mol. The second kappa shape index (κ2) is 3.73. The smallest absolute Gasteiger partial charge is 0.336 e. The van der Waals surface area contributed by atoms with Crippen LogP contribution in [-0.2, 0) is 5.41 Å². The van der Waals surface area contributed by atoms with E-state index in [1.807, 2.05) is 6.07 Å². The molecule has 0 unspecified atom stereocenters. The maximum Gasteiger partial charge on any atom is 0.336 e. The molecule has 0 spiro atoms. The average Bonchev–Trinajstić information content (AvgIpc) is 2.01. The van der Waals surface area contributed by atoms with Crippen LogP contribution in [0.25, 0.3) is 0 Å². The molecule has 3 heteroatoms. The maximum absolute atomic E-state index is 10.9. The molecule has 2 nitrogen and oxygen atoms in total. The van der Waals surface area contributed by atoms with Crippen molar-refractivity contribution in [1.29, 1.82) is 0 Å². The molecule has 0 atom stereocenters. The zero-order valence-electron chi connectivity index (χ0n) is 8.47. The molecule has 0 heterocycles. The summed E-state index contributed by atoms with van der Waals surface area (Å²) in [6.07, 6.45) is 0. The lowest BCUT2D eigenvalue weighted by atomic mass is 9.86. The first kappa shape index (κ1) is 11.2. The predicted molar refractivity (Wildman–Crippen MR) is 59.8 cm³/mol.